The third-order valence-corrected chi connectivity index (χ3v) is 5.45. The number of hydrogen-bond donors (Lipinski definition) is 2. The molecule has 2 aromatic carbocycles. The van der Waals surface area contributed by atoms with Crippen LogP contribution < -0.4 is 5.73 Å². The molecule has 1 heterocycles. The lowest BCUT2D eigenvalue weighted by molar-refractivity contribution is 0.0576. The molecule has 0 bridgehead atoms. The largest absolute Gasteiger partial charge is 0.389 e. The maximum Gasteiger partial charge on any atom is 0.182 e. The van der Waals surface area contributed by atoms with E-state index < -0.39 is 5.60 Å². The van der Waals surface area contributed by atoms with Crippen LogP contribution in [0, 0.1) is 13.8 Å². The number of fused-ring (bicyclic) bond motifs is 1. The van der Waals surface area contributed by atoms with E-state index >= 15 is 0 Å². The second kappa shape index (κ2) is 6.79. The zero-order chi connectivity index (χ0) is 20.1. The number of nitrogens with two attached hydrogens (primary N) is 1. The summed E-state index contributed by atoms with van der Waals surface area (Å²) in [6.45, 7) is 8.09. The molecule has 1 atom stereocenters. The lowest BCUT2D eigenvalue weighted by atomic mass is 9.89. The Morgan fingerprint density at radius 1 is 1.21 bits per heavy atom. The fraction of sp³-hybridized carbons (Fsp3) is 0.409. The molecule has 0 saturated heterocycles. The Bertz CT molecular complexity index is 1010. The van der Waals surface area contributed by atoms with E-state index in [0.29, 0.717) is 12.4 Å². The Kier molecular flexibility index (Phi) is 4.56. The van der Waals surface area contributed by atoms with Crippen LogP contribution in [0.2, 0.25) is 0 Å². The summed E-state index contributed by atoms with van der Waals surface area (Å²) >= 11 is 0. The van der Waals surface area contributed by atoms with Crippen molar-refractivity contribution in [2.75, 3.05) is 0 Å². The van der Waals surface area contributed by atoms with Crippen molar-refractivity contribution >= 4 is 0 Å². The molecule has 3 aromatic rings. The Hall–Kier alpha value is -2.57. The highest BCUT2D eigenvalue weighted by Gasteiger charge is 2.24. The number of benzene rings is 2. The number of hydrogen-bond acceptors (Lipinski definition) is 5. The molecule has 1 aliphatic rings. The molecule has 4 rings (SSSR count). The van der Waals surface area contributed by atoms with Crippen LogP contribution in [0.1, 0.15) is 48.6 Å². The molecule has 0 saturated carbocycles. The molecule has 1 aromatic heterocycles. The van der Waals surface area contributed by atoms with Crippen molar-refractivity contribution < 1.29 is 5.11 Å². The molecule has 3 N–H and O–H groups in total. The molecule has 1 aliphatic carbocycles. The van der Waals surface area contributed by atoms with E-state index in [0.717, 1.165) is 18.4 Å². The summed E-state index contributed by atoms with van der Waals surface area (Å²) in [4.78, 5) is 0. The van der Waals surface area contributed by atoms with Gasteiger partial charge in [0.2, 0.25) is 0 Å². The van der Waals surface area contributed by atoms with Gasteiger partial charge in [-0.2, -0.15) is 0 Å². The van der Waals surface area contributed by atoms with E-state index in [1.54, 1.807) is 18.5 Å². The summed E-state index contributed by atoms with van der Waals surface area (Å²) in [5, 5.41) is 22.2. The topological polar surface area (TPSA) is 89.8 Å². The molecule has 0 radical (unpaired) electrons. The molecule has 6 nitrogen and oxygen atoms in total. The quantitative estimate of drug-likeness (QED) is 0.728. The number of aliphatic hydroxyl groups is 1. The zero-order valence-electron chi connectivity index (χ0n) is 16.9. The van der Waals surface area contributed by atoms with Crippen LogP contribution in [-0.2, 0) is 13.0 Å². The monoisotopic (exact) mass is 377 g/mol. The van der Waals surface area contributed by atoms with Gasteiger partial charge in [-0.05, 0) is 96.5 Å². The van der Waals surface area contributed by atoms with Gasteiger partial charge in [0.25, 0.3) is 0 Å². The van der Waals surface area contributed by atoms with Gasteiger partial charge in [-0.3, -0.25) is 0 Å². The number of rotatable bonds is 4. The van der Waals surface area contributed by atoms with Crippen molar-refractivity contribution in [2.45, 2.75) is 58.7 Å². The molecular weight excluding hydrogens is 350 g/mol. The fourth-order valence-corrected chi connectivity index (χ4v) is 4.32. The molecule has 0 spiro atoms. The molecule has 6 heteroatoms. The zero-order valence-corrected chi connectivity index (χ0v) is 16.9. The van der Waals surface area contributed by atoms with Crippen molar-refractivity contribution in [1.82, 2.24) is 20.2 Å². The third-order valence-electron chi connectivity index (χ3n) is 5.45. The van der Waals surface area contributed by atoms with E-state index in [1.807, 2.05) is 0 Å². The van der Waals surface area contributed by atoms with Crippen LogP contribution in [-0.4, -0.2) is 30.9 Å². The lowest BCUT2D eigenvalue weighted by Gasteiger charge is -2.19. The van der Waals surface area contributed by atoms with Gasteiger partial charge in [-0.1, -0.05) is 18.2 Å². The summed E-state index contributed by atoms with van der Waals surface area (Å²) in [6.07, 6.45) is 2.03. The second-order valence-corrected chi connectivity index (χ2v) is 8.48. The van der Waals surface area contributed by atoms with Crippen LogP contribution in [0.25, 0.3) is 22.5 Å². The van der Waals surface area contributed by atoms with Gasteiger partial charge in [0.15, 0.2) is 5.82 Å². The summed E-state index contributed by atoms with van der Waals surface area (Å²) in [5.41, 5.74) is 13.9. The molecule has 28 heavy (non-hydrogen) atoms. The van der Waals surface area contributed by atoms with E-state index in [2.05, 4.69) is 59.7 Å². The smallest absolute Gasteiger partial charge is 0.182 e. The Morgan fingerprint density at radius 2 is 1.93 bits per heavy atom. The van der Waals surface area contributed by atoms with Crippen LogP contribution in [0.4, 0.5) is 0 Å². The maximum absolute atomic E-state index is 10.1. The van der Waals surface area contributed by atoms with Crippen molar-refractivity contribution in [3.8, 4) is 22.5 Å². The van der Waals surface area contributed by atoms with Gasteiger partial charge in [0.1, 0.15) is 0 Å². The van der Waals surface area contributed by atoms with Crippen LogP contribution in [0.15, 0.2) is 30.3 Å². The van der Waals surface area contributed by atoms with E-state index in [-0.39, 0.29) is 6.04 Å². The molecule has 0 unspecified atom stereocenters. The third kappa shape index (κ3) is 3.34. The number of nitrogens with zero attached hydrogens (tertiary/aromatic N) is 4. The molecule has 0 amide bonds. The molecule has 0 fully saturated rings. The first-order valence-corrected chi connectivity index (χ1v) is 9.72. The van der Waals surface area contributed by atoms with Gasteiger partial charge in [0, 0.05) is 11.6 Å². The summed E-state index contributed by atoms with van der Waals surface area (Å²) in [5.74, 6) is 0.667. The standard InChI is InChI=1S/C22H27N5O/c1-13-10-15(21-24-25-26-27(21)12-22(3,4)28)11-14(2)20(13)18-7-5-6-17-16(18)8-9-19(17)23/h5-7,10-11,19,28H,8-9,12,23H2,1-4H3/t19-/m1/s1. The van der Waals surface area contributed by atoms with Crippen molar-refractivity contribution in [2.24, 2.45) is 5.73 Å². The van der Waals surface area contributed by atoms with Crippen molar-refractivity contribution in [1.29, 1.82) is 0 Å². The molecule has 146 valence electrons. The number of aromatic nitrogens is 4. The SMILES string of the molecule is Cc1cc(-c2nnnn2CC(C)(C)O)cc(C)c1-c1cccc2c1CC[C@H]2N. The number of tetrazole rings is 1. The summed E-state index contributed by atoms with van der Waals surface area (Å²) in [7, 11) is 0. The van der Waals surface area contributed by atoms with Crippen molar-refractivity contribution in [3.05, 3.63) is 52.6 Å². The van der Waals surface area contributed by atoms with Crippen molar-refractivity contribution in [3.63, 3.8) is 0 Å². The maximum atomic E-state index is 10.1. The summed E-state index contributed by atoms with van der Waals surface area (Å²) < 4.78 is 1.66. The van der Waals surface area contributed by atoms with E-state index in [9.17, 15) is 5.11 Å². The Labute approximate surface area is 165 Å². The van der Waals surface area contributed by atoms with Gasteiger partial charge < -0.3 is 10.8 Å². The first kappa shape index (κ1) is 18.8. The highest BCUT2D eigenvalue weighted by atomic mass is 16.3. The van der Waals surface area contributed by atoms with Gasteiger partial charge in [-0.25, -0.2) is 4.68 Å². The normalized spacial score (nSPS) is 16.4. The predicted octanol–water partition coefficient (Wildman–Crippen LogP) is 3.34. The van der Waals surface area contributed by atoms with E-state index in [1.165, 1.54) is 33.4 Å². The lowest BCUT2D eigenvalue weighted by Crippen LogP contribution is -2.27. The highest BCUT2D eigenvalue weighted by molar-refractivity contribution is 5.78. The van der Waals surface area contributed by atoms with Gasteiger partial charge in [-0.15, -0.1) is 5.10 Å². The average molecular weight is 377 g/mol. The van der Waals surface area contributed by atoms with Crippen LogP contribution in [0.5, 0.6) is 0 Å². The molecular formula is C22H27N5O. The highest BCUT2D eigenvalue weighted by Crippen LogP contribution is 2.40. The van der Waals surface area contributed by atoms with E-state index in [4.69, 9.17) is 5.73 Å². The van der Waals surface area contributed by atoms with Crippen LogP contribution >= 0.6 is 0 Å². The Balaban J connectivity index is 1.79. The first-order chi connectivity index (χ1) is 13.2. The average Bonchev–Trinajstić information content (AvgIpc) is 3.20. The summed E-state index contributed by atoms with van der Waals surface area (Å²) in [6, 6.07) is 10.9. The minimum Gasteiger partial charge on any atom is -0.389 e. The minimum absolute atomic E-state index is 0.140. The fourth-order valence-electron chi connectivity index (χ4n) is 4.32. The number of aryl methyl sites for hydroxylation is 2. The van der Waals surface area contributed by atoms with Crippen LogP contribution in [0.3, 0.4) is 0 Å². The minimum atomic E-state index is -0.891. The molecule has 0 aliphatic heterocycles. The Morgan fingerprint density at radius 3 is 2.61 bits per heavy atom. The first-order valence-electron chi connectivity index (χ1n) is 9.72. The van der Waals surface area contributed by atoms with Gasteiger partial charge >= 0.3 is 0 Å². The second-order valence-electron chi connectivity index (χ2n) is 8.48. The van der Waals surface area contributed by atoms with Gasteiger partial charge in [0.05, 0.1) is 12.1 Å². The predicted molar refractivity (Wildman–Crippen MR) is 110 cm³/mol.